The van der Waals surface area contributed by atoms with Crippen LogP contribution in [0.25, 0.3) is 0 Å². The van der Waals surface area contributed by atoms with Crippen molar-refractivity contribution >= 4 is 30.5 Å². The van der Waals surface area contributed by atoms with E-state index >= 15 is 0 Å². The number of benzene rings is 3. The zero-order valence-corrected chi connectivity index (χ0v) is 27.1. The summed E-state index contributed by atoms with van der Waals surface area (Å²) in [5, 5.41) is 13.8. The molecule has 0 radical (unpaired) electrons. The molecule has 1 aliphatic rings. The summed E-state index contributed by atoms with van der Waals surface area (Å²) >= 11 is 1.54. The summed E-state index contributed by atoms with van der Waals surface area (Å²) in [6, 6.07) is 28.7. The molecule has 1 aliphatic heterocycles. The predicted molar refractivity (Wildman–Crippen MR) is 173 cm³/mol. The van der Waals surface area contributed by atoms with Gasteiger partial charge in [-0.2, -0.15) is 0 Å². The van der Waals surface area contributed by atoms with Crippen molar-refractivity contribution in [3.8, 4) is 5.75 Å². The van der Waals surface area contributed by atoms with Crippen LogP contribution in [-0.2, 0) is 25.2 Å². The van der Waals surface area contributed by atoms with Crippen molar-refractivity contribution in [2.24, 2.45) is 0 Å². The Hall–Kier alpha value is -2.43. The standard InChI is InChI=1S/C34H44O6SSi/c1-7-22-37-31-30(35)29(40-33(41-6)32(31)38-23-25-18-20-26(36-5)21-19-25)24-39-42(34(2,3)4,27-14-10-8-11-15-27)28-16-12-9-13-17-28/h7-21,29-33,35H,1,22-24H2,2-6H3/t29-,30+,31+,32-,33+/m1/s1. The number of rotatable bonds is 13. The quantitative estimate of drug-likeness (QED) is 0.212. The fourth-order valence-electron chi connectivity index (χ4n) is 5.65. The second kappa shape index (κ2) is 14.8. The van der Waals surface area contributed by atoms with E-state index in [1.807, 2.05) is 42.7 Å². The van der Waals surface area contributed by atoms with Crippen LogP contribution in [0.15, 0.2) is 97.6 Å². The number of ether oxygens (including phenoxy) is 4. The topological polar surface area (TPSA) is 66.4 Å². The van der Waals surface area contributed by atoms with Crippen molar-refractivity contribution in [2.45, 2.75) is 62.3 Å². The molecule has 1 saturated heterocycles. The van der Waals surface area contributed by atoms with Crippen molar-refractivity contribution in [1.82, 2.24) is 0 Å². The minimum Gasteiger partial charge on any atom is -0.497 e. The van der Waals surface area contributed by atoms with Crippen molar-refractivity contribution in [1.29, 1.82) is 0 Å². The van der Waals surface area contributed by atoms with E-state index in [0.29, 0.717) is 6.61 Å². The average Bonchev–Trinajstić information content (AvgIpc) is 3.01. The average molecular weight is 609 g/mol. The first-order chi connectivity index (χ1) is 20.2. The zero-order valence-electron chi connectivity index (χ0n) is 25.3. The number of methoxy groups -OCH3 is 1. The number of aliphatic hydroxyl groups excluding tert-OH is 1. The fourth-order valence-corrected chi connectivity index (χ4v) is 11.0. The van der Waals surface area contributed by atoms with Gasteiger partial charge in [0.15, 0.2) is 0 Å². The lowest BCUT2D eigenvalue weighted by Gasteiger charge is -2.47. The molecule has 3 aromatic rings. The summed E-state index contributed by atoms with van der Waals surface area (Å²) in [6.45, 7) is 11.4. The van der Waals surface area contributed by atoms with Gasteiger partial charge < -0.3 is 28.5 Å². The number of hydrogen-bond acceptors (Lipinski definition) is 7. The summed E-state index contributed by atoms with van der Waals surface area (Å²) in [6.07, 6.45) is 0.968. The molecule has 0 saturated carbocycles. The van der Waals surface area contributed by atoms with Gasteiger partial charge in [-0.3, -0.25) is 0 Å². The minimum atomic E-state index is -2.82. The molecule has 1 fully saturated rings. The van der Waals surface area contributed by atoms with Crippen molar-refractivity contribution in [2.75, 3.05) is 26.6 Å². The van der Waals surface area contributed by atoms with E-state index in [4.69, 9.17) is 23.4 Å². The van der Waals surface area contributed by atoms with E-state index in [1.165, 1.54) is 10.4 Å². The highest BCUT2D eigenvalue weighted by Gasteiger charge is 2.52. The van der Waals surface area contributed by atoms with Crippen LogP contribution in [0, 0.1) is 0 Å². The molecule has 0 unspecified atom stereocenters. The number of thioether (sulfide) groups is 1. The molecule has 0 amide bonds. The Bertz CT molecular complexity index is 1190. The second-order valence-corrected chi connectivity index (χ2v) is 16.7. The monoisotopic (exact) mass is 608 g/mol. The SMILES string of the molecule is C=CCO[C@H]1[C@@H](O)[C@@H](CO[Si](c2ccccc2)(c2ccccc2)C(C)(C)C)O[C@@H](SC)[C@@H]1OCc1ccc(OC)cc1. The molecule has 0 aromatic heterocycles. The first-order valence-corrected chi connectivity index (χ1v) is 17.5. The summed E-state index contributed by atoms with van der Waals surface area (Å²) in [4.78, 5) is 0. The molecule has 42 heavy (non-hydrogen) atoms. The van der Waals surface area contributed by atoms with Gasteiger partial charge in [0, 0.05) is 0 Å². The predicted octanol–water partition coefficient (Wildman–Crippen LogP) is 5.18. The van der Waals surface area contributed by atoms with E-state index < -0.39 is 32.7 Å². The zero-order chi connectivity index (χ0) is 30.2. The summed E-state index contributed by atoms with van der Waals surface area (Å²) in [5.74, 6) is 0.785. The van der Waals surface area contributed by atoms with Gasteiger partial charge in [0.2, 0.25) is 0 Å². The van der Waals surface area contributed by atoms with Gasteiger partial charge in [0.05, 0.1) is 26.9 Å². The summed E-state index contributed by atoms with van der Waals surface area (Å²) in [7, 11) is -1.18. The molecule has 0 bridgehead atoms. The summed E-state index contributed by atoms with van der Waals surface area (Å²) in [5.41, 5.74) is 0.624. The van der Waals surface area contributed by atoms with Crippen LogP contribution in [0.5, 0.6) is 5.75 Å². The Kier molecular flexibility index (Phi) is 11.5. The van der Waals surface area contributed by atoms with Gasteiger partial charge in [0.25, 0.3) is 8.32 Å². The van der Waals surface area contributed by atoms with E-state index in [2.05, 4.69) is 75.9 Å². The fraction of sp³-hybridized carbons (Fsp3) is 0.412. The van der Waals surface area contributed by atoms with Gasteiger partial charge in [-0.15, -0.1) is 18.3 Å². The van der Waals surface area contributed by atoms with Crippen molar-refractivity contribution in [3.05, 3.63) is 103 Å². The van der Waals surface area contributed by atoms with Gasteiger partial charge >= 0.3 is 0 Å². The molecule has 6 nitrogen and oxygen atoms in total. The molecule has 8 heteroatoms. The molecule has 3 aromatic carbocycles. The van der Waals surface area contributed by atoms with Crippen molar-refractivity contribution < 1.29 is 28.5 Å². The molecule has 5 atom stereocenters. The second-order valence-electron chi connectivity index (χ2n) is 11.5. The summed E-state index contributed by atoms with van der Waals surface area (Å²) < 4.78 is 31.5. The maximum absolute atomic E-state index is 11.7. The normalized spacial score (nSPS) is 23.0. The van der Waals surface area contributed by atoms with Gasteiger partial charge in [-0.05, 0) is 39.4 Å². The molecule has 0 spiro atoms. The lowest BCUT2D eigenvalue weighted by molar-refractivity contribution is -0.231. The Morgan fingerprint density at radius 1 is 0.905 bits per heavy atom. The molecule has 226 valence electrons. The molecule has 1 heterocycles. The van der Waals surface area contributed by atoms with Crippen LogP contribution in [0.3, 0.4) is 0 Å². The van der Waals surface area contributed by atoms with E-state index in [0.717, 1.165) is 11.3 Å². The van der Waals surface area contributed by atoms with E-state index in [-0.39, 0.29) is 23.7 Å². The van der Waals surface area contributed by atoms with Crippen LogP contribution in [-0.4, -0.2) is 69.9 Å². The molecular formula is C34H44O6SSi. The van der Waals surface area contributed by atoms with E-state index in [9.17, 15) is 5.11 Å². The van der Waals surface area contributed by atoms with Crippen LogP contribution >= 0.6 is 11.8 Å². The van der Waals surface area contributed by atoms with Crippen LogP contribution < -0.4 is 15.1 Å². The molecule has 0 aliphatic carbocycles. The molecule has 1 N–H and O–H groups in total. The van der Waals surface area contributed by atoms with Crippen LogP contribution in [0.2, 0.25) is 5.04 Å². The highest BCUT2D eigenvalue weighted by atomic mass is 32.2. The highest BCUT2D eigenvalue weighted by molar-refractivity contribution is 7.99. The van der Waals surface area contributed by atoms with Crippen LogP contribution in [0.1, 0.15) is 26.3 Å². The van der Waals surface area contributed by atoms with Gasteiger partial charge in [0.1, 0.15) is 35.6 Å². The third-order valence-electron chi connectivity index (χ3n) is 7.74. The maximum Gasteiger partial charge on any atom is 0.261 e. The third-order valence-corrected chi connectivity index (χ3v) is 13.6. The Labute approximate surface area is 256 Å². The number of hydrogen-bond donors (Lipinski definition) is 1. The van der Waals surface area contributed by atoms with Crippen molar-refractivity contribution in [3.63, 3.8) is 0 Å². The van der Waals surface area contributed by atoms with Gasteiger partial charge in [-0.25, -0.2) is 0 Å². The first kappa shape index (κ1) is 32.5. The lowest BCUT2D eigenvalue weighted by Crippen LogP contribution is -2.68. The Balaban J connectivity index is 1.60. The molecular weight excluding hydrogens is 565 g/mol. The number of aliphatic hydroxyl groups is 1. The Morgan fingerprint density at radius 2 is 1.50 bits per heavy atom. The highest BCUT2D eigenvalue weighted by Crippen LogP contribution is 2.38. The largest absolute Gasteiger partial charge is 0.497 e. The molecule has 4 rings (SSSR count). The van der Waals surface area contributed by atoms with E-state index in [1.54, 1.807) is 24.9 Å². The Morgan fingerprint density at radius 3 is 2.00 bits per heavy atom. The third kappa shape index (κ3) is 7.19. The lowest BCUT2D eigenvalue weighted by atomic mass is 9.99. The minimum absolute atomic E-state index is 0.197. The smallest absolute Gasteiger partial charge is 0.261 e. The van der Waals surface area contributed by atoms with Crippen LogP contribution in [0.4, 0.5) is 0 Å². The van der Waals surface area contributed by atoms with Gasteiger partial charge in [-0.1, -0.05) is 99.6 Å². The maximum atomic E-state index is 11.7. The first-order valence-electron chi connectivity index (χ1n) is 14.3.